The molecule has 2 aromatic carbocycles. The summed E-state index contributed by atoms with van der Waals surface area (Å²) in [5, 5.41) is 13.9. The molecular weight excluding hydrogens is 426 g/mol. The van der Waals surface area contributed by atoms with Crippen LogP contribution in [0.15, 0.2) is 54.6 Å². The largest absolute Gasteiger partial charge is 0.352 e. The summed E-state index contributed by atoms with van der Waals surface area (Å²) in [7, 11) is 0. The van der Waals surface area contributed by atoms with Gasteiger partial charge in [-0.3, -0.25) is 19.7 Å². The quantitative estimate of drug-likeness (QED) is 0.426. The first-order valence-corrected chi connectivity index (χ1v) is 12.0. The smallest absolute Gasteiger partial charge is 0.269 e. The molecule has 32 heavy (non-hydrogen) atoms. The summed E-state index contributed by atoms with van der Waals surface area (Å²) in [6.45, 7) is 2.16. The number of carbonyl (C=O) groups is 2. The average Bonchev–Trinajstić information content (AvgIpc) is 3.31. The number of hydrogen-bond acceptors (Lipinski definition) is 5. The van der Waals surface area contributed by atoms with Crippen LogP contribution in [0, 0.1) is 10.1 Å². The van der Waals surface area contributed by atoms with Crippen molar-refractivity contribution in [1.29, 1.82) is 0 Å². The van der Waals surface area contributed by atoms with E-state index in [1.165, 1.54) is 23.9 Å². The number of hydrogen-bond donors (Lipinski definition) is 1. The number of carbonyl (C=O) groups excluding carboxylic acids is 2. The van der Waals surface area contributed by atoms with Gasteiger partial charge in [-0.1, -0.05) is 55.3 Å². The number of amides is 2. The third kappa shape index (κ3) is 6.82. The highest BCUT2D eigenvalue weighted by Crippen LogP contribution is 2.20. The van der Waals surface area contributed by atoms with E-state index in [9.17, 15) is 19.7 Å². The Labute approximate surface area is 192 Å². The summed E-state index contributed by atoms with van der Waals surface area (Å²) in [4.78, 5) is 37.9. The lowest BCUT2D eigenvalue weighted by atomic mass is 10.1. The molecule has 1 saturated carbocycles. The van der Waals surface area contributed by atoms with Gasteiger partial charge in [0.05, 0.1) is 10.7 Å². The SMILES string of the molecule is CC(C(=O)NC1CCCC1)N(Cc1ccccc1)C(=O)CSCc1ccc([N+](=O)[O-])cc1. The molecule has 7 nitrogen and oxygen atoms in total. The number of non-ortho nitro benzene ring substituents is 1. The highest BCUT2D eigenvalue weighted by atomic mass is 32.2. The van der Waals surface area contributed by atoms with Crippen molar-refractivity contribution in [2.24, 2.45) is 0 Å². The van der Waals surface area contributed by atoms with Gasteiger partial charge in [0, 0.05) is 30.5 Å². The van der Waals surface area contributed by atoms with Gasteiger partial charge in [0.15, 0.2) is 0 Å². The number of benzene rings is 2. The van der Waals surface area contributed by atoms with E-state index >= 15 is 0 Å². The number of nitro groups is 1. The molecule has 0 bridgehead atoms. The van der Waals surface area contributed by atoms with E-state index in [0.717, 1.165) is 36.8 Å². The molecule has 0 aromatic heterocycles. The van der Waals surface area contributed by atoms with E-state index < -0.39 is 11.0 Å². The van der Waals surface area contributed by atoms with Gasteiger partial charge in [-0.2, -0.15) is 0 Å². The second kappa shape index (κ2) is 11.7. The highest BCUT2D eigenvalue weighted by molar-refractivity contribution is 7.99. The first-order valence-electron chi connectivity index (χ1n) is 10.9. The van der Waals surface area contributed by atoms with Crippen LogP contribution in [0.5, 0.6) is 0 Å². The number of thioether (sulfide) groups is 1. The van der Waals surface area contributed by atoms with E-state index in [-0.39, 0.29) is 29.3 Å². The van der Waals surface area contributed by atoms with Gasteiger partial charge in [0.1, 0.15) is 6.04 Å². The van der Waals surface area contributed by atoms with Crippen molar-refractivity contribution < 1.29 is 14.5 Å². The summed E-state index contributed by atoms with van der Waals surface area (Å²) in [6, 6.07) is 15.6. The van der Waals surface area contributed by atoms with E-state index in [0.29, 0.717) is 12.3 Å². The molecule has 0 heterocycles. The normalized spacial score (nSPS) is 14.7. The Bertz CT molecular complexity index is 915. The highest BCUT2D eigenvalue weighted by Gasteiger charge is 2.28. The van der Waals surface area contributed by atoms with E-state index in [2.05, 4.69) is 5.32 Å². The van der Waals surface area contributed by atoms with Crippen molar-refractivity contribution in [3.63, 3.8) is 0 Å². The van der Waals surface area contributed by atoms with E-state index in [1.807, 2.05) is 30.3 Å². The summed E-state index contributed by atoms with van der Waals surface area (Å²) in [6.07, 6.45) is 4.25. The summed E-state index contributed by atoms with van der Waals surface area (Å²) >= 11 is 1.44. The van der Waals surface area contributed by atoms with E-state index in [4.69, 9.17) is 0 Å². The van der Waals surface area contributed by atoms with E-state index in [1.54, 1.807) is 24.0 Å². The van der Waals surface area contributed by atoms with Crippen LogP contribution in [0.3, 0.4) is 0 Å². The third-order valence-corrected chi connectivity index (χ3v) is 6.69. The van der Waals surface area contributed by atoms with Crippen LogP contribution in [-0.2, 0) is 21.9 Å². The molecule has 1 atom stereocenters. The van der Waals surface area contributed by atoms with Crippen LogP contribution in [0.25, 0.3) is 0 Å². The molecule has 0 spiro atoms. The fourth-order valence-electron chi connectivity index (χ4n) is 3.81. The van der Waals surface area contributed by atoms with Gasteiger partial charge in [-0.05, 0) is 30.9 Å². The lowest BCUT2D eigenvalue weighted by Gasteiger charge is -2.29. The Balaban J connectivity index is 1.61. The van der Waals surface area contributed by atoms with Crippen molar-refractivity contribution in [3.8, 4) is 0 Å². The van der Waals surface area contributed by atoms with Crippen LogP contribution in [0.2, 0.25) is 0 Å². The van der Waals surface area contributed by atoms with Crippen molar-refractivity contribution in [2.75, 3.05) is 5.75 Å². The third-order valence-electron chi connectivity index (χ3n) is 5.71. The Kier molecular flexibility index (Phi) is 8.67. The molecule has 1 N–H and O–H groups in total. The van der Waals surface area contributed by atoms with Gasteiger partial charge >= 0.3 is 0 Å². The van der Waals surface area contributed by atoms with Crippen molar-refractivity contribution in [2.45, 2.75) is 57.0 Å². The molecule has 0 saturated heterocycles. The molecule has 1 aliphatic carbocycles. The lowest BCUT2D eigenvalue weighted by Crippen LogP contribution is -2.50. The molecule has 170 valence electrons. The van der Waals surface area contributed by atoms with Crippen LogP contribution in [0.1, 0.15) is 43.7 Å². The zero-order valence-electron chi connectivity index (χ0n) is 18.2. The Morgan fingerprint density at radius 1 is 1.09 bits per heavy atom. The van der Waals surface area contributed by atoms with Crippen LogP contribution >= 0.6 is 11.8 Å². The maximum Gasteiger partial charge on any atom is 0.269 e. The number of nitrogens with zero attached hydrogens (tertiary/aromatic N) is 2. The molecular formula is C24H29N3O4S. The molecule has 1 fully saturated rings. The van der Waals surface area contributed by atoms with Gasteiger partial charge in [-0.25, -0.2) is 0 Å². The van der Waals surface area contributed by atoms with Crippen LogP contribution in [0.4, 0.5) is 5.69 Å². The second-order valence-electron chi connectivity index (χ2n) is 8.09. The molecule has 2 amide bonds. The second-order valence-corrected chi connectivity index (χ2v) is 9.08. The molecule has 8 heteroatoms. The fourth-order valence-corrected chi connectivity index (χ4v) is 4.68. The molecule has 2 aromatic rings. The van der Waals surface area contributed by atoms with Gasteiger partial charge in [-0.15, -0.1) is 11.8 Å². The van der Waals surface area contributed by atoms with Gasteiger partial charge < -0.3 is 10.2 Å². The predicted molar refractivity (Wildman–Crippen MR) is 126 cm³/mol. The Morgan fingerprint density at radius 2 is 1.75 bits per heavy atom. The predicted octanol–water partition coefficient (Wildman–Crippen LogP) is 4.30. The number of rotatable bonds is 10. The fraction of sp³-hybridized carbons (Fsp3) is 0.417. The molecule has 1 unspecified atom stereocenters. The van der Waals surface area contributed by atoms with Gasteiger partial charge in [0.2, 0.25) is 11.8 Å². The molecule has 0 aliphatic heterocycles. The topological polar surface area (TPSA) is 92.6 Å². The summed E-state index contributed by atoms with van der Waals surface area (Å²) in [5.74, 6) is 0.576. The first kappa shape index (κ1) is 23.8. The molecule has 0 radical (unpaired) electrons. The minimum absolute atomic E-state index is 0.0472. The Hall–Kier alpha value is -2.87. The monoisotopic (exact) mass is 455 g/mol. The van der Waals surface area contributed by atoms with Crippen LogP contribution < -0.4 is 5.32 Å². The summed E-state index contributed by atoms with van der Waals surface area (Å²) in [5.41, 5.74) is 1.93. The number of nitro benzene ring substituents is 1. The minimum atomic E-state index is -0.566. The minimum Gasteiger partial charge on any atom is -0.352 e. The van der Waals surface area contributed by atoms with Crippen molar-refractivity contribution >= 4 is 29.3 Å². The van der Waals surface area contributed by atoms with Crippen molar-refractivity contribution in [3.05, 3.63) is 75.8 Å². The zero-order valence-corrected chi connectivity index (χ0v) is 19.1. The average molecular weight is 456 g/mol. The summed E-state index contributed by atoms with van der Waals surface area (Å²) < 4.78 is 0. The standard InChI is InChI=1S/C24H29N3O4S/c1-18(24(29)25-21-9-5-6-10-21)26(15-19-7-3-2-4-8-19)23(28)17-32-16-20-11-13-22(14-12-20)27(30)31/h2-4,7-8,11-14,18,21H,5-6,9-10,15-17H2,1H3,(H,25,29). The lowest BCUT2D eigenvalue weighted by molar-refractivity contribution is -0.384. The number of nitrogens with one attached hydrogen (secondary N) is 1. The van der Waals surface area contributed by atoms with Crippen molar-refractivity contribution in [1.82, 2.24) is 10.2 Å². The van der Waals surface area contributed by atoms with Crippen LogP contribution in [-0.4, -0.2) is 39.5 Å². The first-order chi connectivity index (χ1) is 15.4. The maximum atomic E-state index is 13.1. The molecule has 3 rings (SSSR count). The maximum absolute atomic E-state index is 13.1. The zero-order chi connectivity index (χ0) is 22.9. The molecule has 1 aliphatic rings. The van der Waals surface area contributed by atoms with Gasteiger partial charge in [0.25, 0.3) is 5.69 Å². The Morgan fingerprint density at radius 3 is 2.38 bits per heavy atom.